The maximum absolute atomic E-state index is 12.3. The van der Waals surface area contributed by atoms with Crippen molar-refractivity contribution in [2.75, 3.05) is 6.54 Å². The maximum Gasteiger partial charge on any atom is 0.177 e. The molecular formula is C17H20N2O. The fraction of sp³-hybridized carbons (Fsp3) is 0.294. The highest BCUT2D eigenvalue weighted by molar-refractivity contribution is 6.00. The molecule has 0 saturated heterocycles. The highest BCUT2D eigenvalue weighted by Crippen LogP contribution is 2.16. The molecular weight excluding hydrogens is 248 g/mol. The molecule has 3 nitrogen and oxygen atoms in total. The number of nitrogens with one attached hydrogen (secondary N) is 1. The Kier molecular flexibility index (Phi) is 4.64. The van der Waals surface area contributed by atoms with Crippen molar-refractivity contribution in [1.82, 2.24) is 10.3 Å². The van der Waals surface area contributed by atoms with Crippen LogP contribution in [-0.4, -0.2) is 17.3 Å². The smallest absolute Gasteiger partial charge is 0.177 e. The third-order valence-corrected chi connectivity index (χ3v) is 3.32. The number of benzene rings is 1. The van der Waals surface area contributed by atoms with Gasteiger partial charge in [0.15, 0.2) is 5.78 Å². The number of carbonyl (C=O) groups excluding carboxylic acids is 1. The van der Waals surface area contributed by atoms with E-state index in [0.717, 1.165) is 22.3 Å². The fourth-order valence-corrected chi connectivity index (χ4v) is 2.53. The highest BCUT2D eigenvalue weighted by atomic mass is 16.1. The molecule has 0 aliphatic carbocycles. The predicted molar refractivity (Wildman–Crippen MR) is 80.9 cm³/mol. The molecule has 0 bridgehead atoms. The number of aryl methyl sites for hydroxylation is 3. The van der Waals surface area contributed by atoms with Gasteiger partial charge in [-0.05, 0) is 49.6 Å². The Labute approximate surface area is 120 Å². The van der Waals surface area contributed by atoms with Gasteiger partial charge in [0.25, 0.3) is 0 Å². The van der Waals surface area contributed by atoms with E-state index < -0.39 is 0 Å². The summed E-state index contributed by atoms with van der Waals surface area (Å²) in [6.07, 6.45) is 3.51. The van der Waals surface area contributed by atoms with Crippen LogP contribution in [0, 0.1) is 20.8 Å². The number of Topliss-reactive ketones (excluding diaryl/α,β-unsaturated/α-hetero) is 1. The predicted octanol–water partition coefficient (Wildman–Crippen LogP) is 2.98. The van der Waals surface area contributed by atoms with Crippen molar-refractivity contribution in [3.63, 3.8) is 0 Å². The van der Waals surface area contributed by atoms with E-state index in [1.165, 1.54) is 5.56 Å². The van der Waals surface area contributed by atoms with Crippen LogP contribution in [0.3, 0.4) is 0 Å². The molecule has 20 heavy (non-hydrogen) atoms. The molecule has 1 aromatic carbocycles. The van der Waals surface area contributed by atoms with Gasteiger partial charge in [0, 0.05) is 24.5 Å². The first-order valence-electron chi connectivity index (χ1n) is 6.78. The number of hydrogen-bond donors (Lipinski definition) is 1. The second-order valence-electron chi connectivity index (χ2n) is 5.16. The minimum Gasteiger partial charge on any atom is -0.306 e. The van der Waals surface area contributed by atoms with Gasteiger partial charge in [0.2, 0.25) is 0 Å². The molecule has 2 aromatic rings. The van der Waals surface area contributed by atoms with Crippen molar-refractivity contribution in [1.29, 1.82) is 0 Å². The molecule has 0 unspecified atom stereocenters. The first-order valence-corrected chi connectivity index (χ1v) is 6.78. The lowest BCUT2D eigenvalue weighted by Gasteiger charge is -2.11. The molecule has 0 aliphatic rings. The Bertz CT molecular complexity index is 583. The molecule has 0 atom stereocenters. The van der Waals surface area contributed by atoms with Crippen LogP contribution in [0.5, 0.6) is 0 Å². The summed E-state index contributed by atoms with van der Waals surface area (Å²) in [7, 11) is 0. The van der Waals surface area contributed by atoms with E-state index >= 15 is 0 Å². The number of ketones is 1. The number of pyridine rings is 1. The van der Waals surface area contributed by atoms with Gasteiger partial charge in [-0.15, -0.1) is 0 Å². The molecule has 3 heteroatoms. The molecule has 1 aromatic heterocycles. The van der Waals surface area contributed by atoms with Gasteiger partial charge < -0.3 is 5.32 Å². The third-order valence-electron chi connectivity index (χ3n) is 3.32. The molecule has 0 aliphatic heterocycles. The molecule has 1 heterocycles. The monoisotopic (exact) mass is 268 g/mol. The standard InChI is InChI=1S/C17H20N2O/c1-12-8-13(2)17(14(3)9-12)16(20)11-19-10-15-4-6-18-7-5-15/h4-9,19H,10-11H2,1-3H3. The number of carbonyl (C=O) groups is 1. The Morgan fingerprint density at radius 1 is 1.10 bits per heavy atom. The first-order chi connectivity index (χ1) is 9.58. The minimum absolute atomic E-state index is 0.147. The van der Waals surface area contributed by atoms with E-state index in [4.69, 9.17) is 0 Å². The second-order valence-corrected chi connectivity index (χ2v) is 5.16. The summed E-state index contributed by atoms with van der Waals surface area (Å²) < 4.78 is 0. The van der Waals surface area contributed by atoms with Crippen LogP contribution in [0.2, 0.25) is 0 Å². The van der Waals surface area contributed by atoms with E-state index in [1.54, 1.807) is 12.4 Å². The summed E-state index contributed by atoms with van der Waals surface area (Å²) in [5.74, 6) is 0.147. The molecule has 2 rings (SSSR count). The van der Waals surface area contributed by atoms with Gasteiger partial charge in [-0.1, -0.05) is 17.7 Å². The van der Waals surface area contributed by atoms with Crippen molar-refractivity contribution in [3.05, 3.63) is 64.5 Å². The van der Waals surface area contributed by atoms with E-state index in [-0.39, 0.29) is 5.78 Å². The third kappa shape index (κ3) is 3.52. The summed E-state index contributed by atoms with van der Waals surface area (Å²) in [6.45, 7) is 7.08. The van der Waals surface area contributed by atoms with Crippen LogP contribution in [0.25, 0.3) is 0 Å². The summed E-state index contributed by atoms with van der Waals surface area (Å²) >= 11 is 0. The van der Waals surface area contributed by atoms with Gasteiger partial charge in [0.05, 0.1) is 6.54 Å². The van der Waals surface area contributed by atoms with Gasteiger partial charge in [0.1, 0.15) is 0 Å². The Morgan fingerprint density at radius 3 is 2.30 bits per heavy atom. The molecule has 0 spiro atoms. The molecule has 104 valence electrons. The number of hydrogen-bond acceptors (Lipinski definition) is 3. The second kappa shape index (κ2) is 6.44. The van der Waals surface area contributed by atoms with E-state index in [2.05, 4.69) is 29.4 Å². The SMILES string of the molecule is Cc1cc(C)c(C(=O)CNCc2ccncc2)c(C)c1. The summed E-state index contributed by atoms with van der Waals surface area (Å²) in [5.41, 5.74) is 5.28. The lowest BCUT2D eigenvalue weighted by molar-refractivity contribution is 0.0989. The van der Waals surface area contributed by atoms with Crippen molar-refractivity contribution >= 4 is 5.78 Å². The van der Waals surface area contributed by atoms with Crippen molar-refractivity contribution in [2.24, 2.45) is 0 Å². The zero-order chi connectivity index (χ0) is 14.5. The molecule has 0 radical (unpaired) electrons. The summed E-state index contributed by atoms with van der Waals surface area (Å²) in [4.78, 5) is 16.3. The zero-order valence-corrected chi connectivity index (χ0v) is 12.2. The van der Waals surface area contributed by atoms with Crippen LogP contribution in [0.4, 0.5) is 0 Å². The lowest BCUT2D eigenvalue weighted by Crippen LogP contribution is -2.24. The quantitative estimate of drug-likeness (QED) is 0.848. The van der Waals surface area contributed by atoms with Crippen LogP contribution in [-0.2, 0) is 6.54 Å². The van der Waals surface area contributed by atoms with Gasteiger partial charge in [-0.3, -0.25) is 9.78 Å². The normalized spacial score (nSPS) is 10.6. The van der Waals surface area contributed by atoms with E-state index in [0.29, 0.717) is 13.1 Å². The molecule has 0 saturated carbocycles. The fourth-order valence-electron chi connectivity index (χ4n) is 2.53. The Morgan fingerprint density at radius 2 is 1.70 bits per heavy atom. The number of aromatic nitrogens is 1. The van der Waals surface area contributed by atoms with Gasteiger partial charge in [-0.2, -0.15) is 0 Å². The van der Waals surface area contributed by atoms with Gasteiger partial charge in [-0.25, -0.2) is 0 Å². The Balaban J connectivity index is 1.99. The van der Waals surface area contributed by atoms with Crippen molar-refractivity contribution < 1.29 is 4.79 Å². The van der Waals surface area contributed by atoms with E-state index in [1.807, 2.05) is 26.0 Å². The maximum atomic E-state index is 12.3. The Hall–Kier alpha value is -2.00. The van der Waals surface area contributed by atoms with Crippen molar-refractivity contribution in [3.8, 4) is 0 Å². The number of nitrogens with zero attached hydrogens (tertiary/aromatic N) is 1. The molecule has 0 fully saturated rings. The first kappa shape index (κ1) is 14.4. The molecule has 1 N–H and O–H groups in total. The minimum atomic E-state index is 0.147. The molecule has 0 amide bonds. The highest BCUT2D eigenvalue weighted by Gasteiger charge is 2.12. The topological polar surface area (TPSA) is 42.0 Å². The summed E-state index contributed by atoms with van der Waals surface area (Å²) in [5, 5.41) is 3.19. The zero-order valence-electron chi connectivity index (χ0n) is 12.2. The summed E-state index contributed by atoms with van der Waals surface area (Å²) in [6, 6.07) is 8.01. The van der Waals surface area contributed by atoms with Crippen LogP contribution < -0.4 is 5.32 Å². The van der Waals surface area contributed by atoms with Crippen LogP contribution >= 0.6 is 0 Å². The van der Waals surface area contributed by atoms with Crippen LogP contribution in [0.1, 0.15) is 32.6 Å². The van der Waals surface area contributed by atoms with Crippen molar-refractivity contribution in [2.45, 2.75) is 27.3 Å². The van der Waals surface area contributed by atoms with Gasteiger partial charge >= 0.3 is 0 Å². The average Bonchev–Trinajstić information content (AvgIpc) is 2.38. The van der Waals surface area contributed by atoms with E-state index in [9.17, 15) is 4.79 Å². The lowest BCUT2D eigenvalue weighted by atomic mass is 9.96. The average molecular weight is 268 g/mol. The van der Waals surface area contributed by atoms with Crippen LogP contribution in [0.15, 0.2) is 36.7 Å². The number of rotatable bonds is 5. The largest absolute Gasteiger partial charge is 0.306 e.